The third kappa shape index (κ3) is 4.18. The molecular weight excluding hydrogens is 236 g/mol. The minimum absolute atomic E-state index is 0.174. The Kier molecular flexibility index (Phi) is 5.32. The number of ether oxygens (including phenoxy) is 2. The smallest absolute Gasteiger partial charge is 0.338 e. The predicted molar refractivity (Wildman–Crippen MR) is 64.0 cm³/mol. The molecule has 1 N–H and O–H groups in total. The molecule has 0 aromatic heterocycles. The zero-order valence-electron chi connectivity index (χ0n) is 10.3. The Morgan fingerprint density at radius 2 is 1.89 bits per heavy atom. The molecule has 18 heavy (non-hydrogen) atoms. The van der Waals surface area contributed by atoms with Gasteiger partial charge in [0.15, 0.2) is 0 Å². The van der Waals surface area contributed by atoms with Crippen molar-refractivity contribution in [3.05, 3.63) is 35.9 Å². The van der Waals surface area contributed by atoms with E-state index >= 15 is 0 Å². The fourth-order valence-electron chi connectivity index (χ4n) is 1.34. The van der Waals surface area contributed by atoms with Gasteiger partial charge in [-0.25, -0.2) is 4.79 Å². The Labute approximate surface area is 105 Å². The van der Waals surface area contributed by atoms with Gasteiger partial charge >= 0.3 is 11.9 Å². The highest BCUT2D eigenvalue weighted by Crippen LogP contribution is 2.10. The van der Waals surface area contributed by atoms with Crippen LogP contribution in [0.4, 0.5) is 0 Å². The molecule has 0 unspecified atom stereocenters. The van der Waals surface area contributed by atoms with E-state index in [0.29, 0.717) is 5.56 Å². The van der Waals surface area contributed by atoms with Crippen LogP contribution in [0.3, 0.4) is 0 Å². The first-order valence-corrected chi connectivity index (χ1v) is 5.55. The van der Waals surface area contributed by atoms with E-state index < -0.39 is 24.1 Å². The molecule has 5 nitrogen and oxygen atoms in total. The summed E-state index contributed by atoms with van der Waals surface area (Å²) in [6.45, 7) is 1.45. The second-order valence-corrected chi connectivity index (χ2v) is 3.83. The van der Waals surface area contributed by atoms with Gasteiger partial charge < -0.3 is 14.6 Å². The van der Waals surface area contributed by atoms with Gasteiger partial charge in [0.25, 0.3) is 0 Å². The van der Waals surface area contributed by atoms with Crippen LogP contribution in [0.15, 0.2) is 30.3 Å². The van der Waals surface area contributed by atoms with E-state index in [9.17, 15) is 14.7 Å². The van der Waals surface area contributed by atoms with Crippen LogP contribution in [-0.4, -0.2) is 36.4 Å². The molecule has 1 rings (SSSR count). The number of hydrogen-bond donors (Lipinski definition) is 1. The lowest BCUT2D eigenvalue weighted by Gasteiger charge is -2.19. The molecule has 1 aromatic rings. The van der Waals surface area contributed by atoms with Crippen molar-refractivity contribution in [3.8, 4) is 0 Å². The van der Waals surface area contributed by atoms with Gasteiger partial charge in [-0.15, -0.1) is 0 Å². The summed E-state index contributed by atoms with van der Waals surface area (Å²) in [6, 6.07) is 8.37. The first-order valence-electron chi connectivity index (χ1n) is 5.55. The number of carbonyl (C=O) groups is 2. The van der Waals surface area contributed by atoms with Crippen molar-refractivity contribution in [1.82, 2.24) is 0 Å². The van der Waals surface area contributed by atoms with Crippen molar-refractivity contribution in [2.75, 3.05) is 7.11 Å². The Morgan fingerprint density at radius 1 is 1.28 bits per heavy atom. The molecule has 0 heterocycles. The van der Waals surface area contributed by atoms with E-state index in [1.165, 1.54) is 14.0 Å². The molecular formula is C13H16O5. The predicted octanol–water partition coefficient (Wildman–Crippen LogP) is 1.16. The van der Waals surface area contributed by atoms with Gasteiger partial charge in [-0.05, 0) is 19.1 Å². The van der Waals surface area contributed by atoms with Crippen LogP contribution < -0.4 is 0 Å². The van der Waals surface area contributed by atoms with Gasteiger partial charge in [-0.2, -0.15) is 0 Å². The number of benzene rings is 1. The standard InChI is InChI=1S/C13H16O5/c1-9(14)11(8-12(15)17-2)18-13(16)10-6-4-3-5-7-10/h3-7,9,11,14H,8H2,1-2H3/t9-,11+/m0/s1. The minimum atomic E-state index is -0.947. The topological polar surface area (TPSA) is 72.8 Å². The lowest BCUT2D eigenvalue weighted by atomic mass is 10.1. The minimum Gasteiger partial charge on any atom is -0.469 e. The first-order chi connectivity index (χ1) is 8.54. The van der Waals surface area contributed by atoms with E-state index in [2.05, 4.69) is 4.74 Å². The van der Waals surface area contributed by atoms with Crippen molar-refractivity contribution in [2.24, 2.45) is 0 Å². The largest absolute Gasteiger partial charge is 0.469 e. The molecule has 0 saturated heterocycles. The highest BCUT2D eigenvalue weighted by Gasteiger charge is 2.24. The Morgan fingerprint density at radius 3 is 2.39 bits per heavy atom. The summed E-state index contributed by atoms with van der Waals surface area (Å²) in [5.74, 6) is -1.12. The number of aliphatic hydroxyl groups is 1. The van der Waals surface area contributed by atoms with Gasteiger partial charge in [-0.1, -0.05) is 18.2 Å². The first kappa shape index (κ1) is 14.2. The third-order valence-corrected chi connectivity index (χ3v) is 2.40. The summed E-state index contributed by atoms with van der Waals surface area (Å²) < 4.78 is 9.56. The second-order valence-electron chi connectivity index (χ2n) is 3.83. The summed E-state index contributed by atoms with van der Waals surface area (Å²) in [4.78, 5) is 22.9. The van der Waals surface area contributed by atoms with Crippen molar-refractivity contribution < 1.29 is 24.2 Å². The summed E-state index contributed by atoms with van der Waals surface area (Å²) in [5, 5.41) is 9.47. The van der Waals surface area contributed by atoms with Crippen molar-refractivity contribution in [2.45, 2.75) is 25.6 Å². The summed E-state index contributed by atoms with van der Waals surface area (Å²) in [6.07, 6.45) is -2.03. The lowest BCUT2D eigenvalue weighted by Crippen LogP contribution is -2.31. The van der Waals surface area contributed by atoms with E-state index in [-0.39, 0.29) is 6.42 Å². The van der Waals surface area contributed by atoms with Gasteiger partial charge in [0, 0.05) is 0 Å². The van der Waals surface area contributed by atoms with Crippen LogP contribution in [0.5, 0.6) is 0 Å². The number of aliphatic hydroxyl groups excluding tert-OH is 1. The molecule has 0 fully saturated rings. The van der Waals surface area contributed by atoms with Crippen LogP contribution in [0.1, 0.15) is 23.7 Å². The third-order valence-electron chi connectivity index (χ3n) is 2.40. The molecule has 98 valence electrons. The highest BCUT2D eigenvalue weighted by molar-refractivity contribution is 5.89. The second kappa shape index (κ2) is 6.76. The van der Waals surface area contributed by atoms with Crippen LogP contribution in [-0.2, 0) is 14.3 Å². The van der Waals surface area contributed by atoms with E-state index in [1.807, 2.05) is 0 Å². The molecule has 0 amide bonds. The van der Waals surface area contributed by atoms with Crippen molar-refractivity contribution in [1.29, 1.82) is 0 Å². The van der Waals surface area contributed by atoms with E-state index in [4.69, 9.17) is 4.74 Å². The lowest BCUT2D eigenvalue weighted by molar-refractivity contribution is -0.144. The van der Waals surface area contributed by atoms with Crippen LogP contribution in [0.25, 0.3) is 0 Å². The van der Waals surface area contributed by atoms with Crippen molar-refractivity contribution in [3.63, 3.8) is 0 Å². The number of esters is 2. The number of hydrogen-bond acceptors (Lipinski definition) is 5. The fourth-order valence-corrected chi connectivity index (χ4v) is 1.34. The van der Waals surface area contributed by atoms with Gasteiger partial charge in [0.2, 0.25) is 0 Å². The average molecular weight is 252 g/mol. The zero-order valence-corrected chi connectivity index (χ0v) is 10.3. The fraction of sp³-hybridized carbons (Fsp3) is 0.385. The molecule has 0 aliphatic rings. The SMILES string of the molecule is COC(=O)C[C@@H](OC(=O)c1ccccc1)[C@H](C)O. The Hall–Kier alpha value is -1.88. The maximum absolute atomic E-state index is 11.7. The van der Waals surface area contributed by atoms with Crippen LogP contribution >= 0.6 is 0 Å². The zero-order chi connectivity index (χ0) is 13.5. The molecule has 0 radical (unpaired) electrons. The molecule has 0 aliphatic carbocycles. The molecule has 5 heteroatoms. The number of carbonyl (C=O) groups excluding carboxylic acids is 2. The summed E-state index contributed by atoms with van der Waals surface area (Å²) >= 11 is 0. The van der Waals surface area contributed by atoms with Gasteiger partial charge in [-0.3, -0.25) is 4.79 Å². The molecule has 0 aliphatic heterocycles. The molecule has 2 atom stereocenters. The van der Waals surface area contributed by atoms with Gasteiger partial charge in [0.1, 0.15) is 6.10 Å². The summed E-state index contributed by atoms with van der Waals surface area (Å²) in [5.41, 5.74) is 0.369. The summed E-state index contributed by atoms with van der Waals surface area (Å²) in [7, 11) is 1.24. The molecule has 0 spiro atoms. The Bertz CT molecular complexity index is 399. The average Bonchev–Trinajstić information content (AvgIpc) is 2.38. The molecule has 0 bridgehead atoms. The number of methoxy groups -OCH3 is 1. The van der Waals surface area contributed by atoms with Crippen LogP contribution in [0.2, 0.25) is 0 Å². The number of rotatable bonds is 5. The maximum atomic E-state index is 11.7. The van der Waals surface area contributed by atoms with E-state index in [0.717, 1.165) is 0 Å². The Balaban J connectivity index is 2.67. The molecule has 1 aromatic carbocycles. The normalized spacial score (nSPS) is 13.5. The quantitative estimate of drug-likeness (QED) is 0.796. The van der Waals surface area contributed by atoms with Crippen molar-refractivity contribution >= 4 is 11.9 Å². The molecule has 0 saturated carbocycles. The maximum Gasteiger partial charge on any atom is 0.338 e. The van der Waals surface area contributed by atoms with Crippen LogP contribution in [0, 0.1) is 0 Å². The highest BCUT2D eigenvalue weighted by atomic mass is 16.6. The van der Waals surface area contributed by atoms with E-state index in [1.54, 1.807) is 30.3 Å². The monoisotopic (exact) mass is 252 g/mol. The van der Waals surface area contributed by atoms with Gasteiger partial charge in [0.05, 0.1) is 25.2 Å².